The van der Waals surface area contributed by atoms with Crippen molar-refractivity contribution in [3.63, 3.8) is 0 Å². The molecule has 11 atom stereocenters. The molecule has 0 aliphatic carbocycles. The van der Waals surface area contributed by atoms with Crippen molar-refractivity contribution in [1.82, 2.24) is 0 Å². The molecular formula is C57H96O14. The first-order valence-corrected chi connectivity index (χ1v) is 27.2. The summed E-state index contributed by atoms with van der Waals surface area (Å²) in [5.74, 6) is -0.506. The second-order valence-electron chi connectivity index (χ2n) is 18.7. The number of hydrogen-bond donors (Lipinski definition) is 7. The number of hydrogen-bond acceptors (Lipinski definition) is 14. The molecule has 0 amide bonds. The normalized spacial score (nSPS) is 26.0. The summed E-state index contributed by atoms with van der Waals surface area (Å²) in [6.45, 7) is 3.41. The van der Waals surface area contributed by atoms with Gasteiger partial charge >= 0.3 is 5.97 Å². The summed E-state index contributed by atoms with van der Waals surface area (Å²) in [5.41, 5.74) is 0. The fraction of sp³-hybridized carbons (Fsp3) is 0.737. The second kappa shape index (κ2) is 43.6. The van der Waals surface area contributed by atoms with E-state index in [1.807, 2.05) is 12.2 Å². The van der Waals surface area contributed by atoms with E-state index >= 15 is 0 Å². The number of carbonyl (C=O) groups is 1. The molecule has 0 radical (unpaired) electrons. The molecule has 2 heterocycles. The highest BCUT2D eigenvalue weighted by atomic mass is 16.7. The zero-order valence-corrected chi connectivity index (χ0v) is 43.4. The lowest BCUT2D eigenvalue weighted by molar-refractivity contribution is -0.332. The van der Waals surface area contributed by atoms with Gasteiger partial charge in [-0.05, 0) is 70.6 Å². The molecule has 2 rings (SSSR count). The Balaban J connectivity index is 1.76. The van der Waals surface area contributed by atoms with Gasteiger partial charge in [-0.25, -0.2) is 0 Å². The van der Waals surface area contributed by atoms with Crippen LogP contribution >= 0.6 is 0 Å². The molecule has 0 aromatic heterocycles. The molecule has 2 fully saturated rings. The Hall–Kier alpha value is -2.83. The zero-order valence-electron chi connectivity index (χ0n) is 43.4. The molecule has 11 unspecified atom stereocenters. The molecule has 2 saturated heterocycles. The number of unbranched alkanes of at least 4 members (excludes halogenated alkanes) is 15. The first kappa shape index (κ1) is 64.3. The molecule has 14 heteroatoms. The summed E-state index contributed by atoms with van der Waals surface area (Å²) in [7, 11) is 0. The molecule has 7 N–H and O–H groups in total. The lowest BCUT2D eigenvalue weighted by Gasteiger charge is -2.42. The molecule has 2 aliphatic heterocycles. The number of esters is 1. The highest BCUT2D eigenvalue weighted by molar-refractivity contribution is 5.71. The van der Waals surface area contributed by atoms with Gasteiger partial charge in [-0.1, -0.05) is 176 Å². The van der Waals surface area contributed by atoms with Gasteiger partial charge in [-0.3, -0.25) is 4.79 Å². The van der Waals surface area contributed by atoms with Crippen LogP contribution in [0.3, 0.4) is 0 Å². The predicted octanol–water partition coefficient (Wildman–Crippen LogP) is 8.85. The van der Waals surface area contributed by atoms with Gasteiger partial charge in [0.2, 0.25) is 0 Å². The van der Waals surface area contributed by atoms with Gasteiger partial charge in [-0.15, -0.1) is 0 Å². The molecule has 408 valence electrons. The van der Waals surface area contributed by atoms with E-state index in [1.54, 1.807) is 6.08 Å². The number of rotatable bonds is 42. The molecular weight excluding hydrogens is 909 g/mol. The van der Waals surface area contributed by atoms with Crippen molar-refractivity contribution in [2.45, 2.75) is 235 Å². The van der Waals surface area contributed by atoms with Crippen LogP contribution in [0.4, 0.5) is 0 Å². The van der Waals surface area contributed by atoms with Gasteiger partial charge in [0.05, 0.1) is 32.8 Å². The Labute approximate surface area is 427 Å². The Morgan fingerprint density at radius 2 is 0.915 bits per heavy atom. The maximum Gasteiger partial charge on any atom is 0.310 e. The van der Waals surface area contributed by atoms with Crippen LogP contribution in [-0.2, 0) is 33.2 Å². The maximum absolute atomic E-state index is 13.0. The van der Waals surface area contributed by atoms with Gasteiger partial charge in [-0.2, -0.15) is 0 Å². The smallest absolute Gasteiger partial charge is 0.310 e. The highest BCUT2D eigenvalue weighted by Gasteiger charge is 2.47. The highest BCUT2D eigenvalue weighted by Crippen LogP contribution is 2.26. The van der Waals surface area contributed by atoms with Crippen LogP contribution in [0.5, 0.6) is 0 Å². The van der Waals surface area contributed by atoms with Crippen LogP contribution in [0.15, 0.2) is 85.1 Å². The van der Waals surface area contributed by atoms with Gasteiger partial charge < -0.3 is 64.2 Å². The molecule has 0 bridgehead atoms. The maximum atomic E-state index is 13.0. The van der Waals surface area contributed by atoms with E-state index in [0.29, 0.717) is 13.0 Å². The third-order valence-electron chi connectivity index (χ3n) is 12.4. The fourth-order valence-corrected chi connectivity index (χ4v) is 8.04. The topological polar surface area (TPSA) is 214 Å². The van der Waals surface area contributed by atoms with Crippen LogP contribution in [0.25, 0.3) is 0 Å². The third-order valence-corrected chi connectivity index (χ3v) is 12.4. The van der Waals surface area contributed by atoms with Gasteiger partial charge in [0.15, 0.2) is 12.6 Å². The standard InChI is InChI=1S/C57H96O14/c1-3-5-7-9-11-13-15-17-19-20-21-22-23-24-25-27-29-31-33-35-37-39-41-66-43-46(69-49(59)40-38-36-34-32-30-28-26-18-16-14-12-10-8-6-4-2)44-67-56-55(65)53(63)51(61)48(71-56)45-68-57-54(64)52(62)50(60)47(42-58)70-57/h6,8,12,14-15,17-18,20-21,26,30,32,36,38,46-48,50-58,60-65H,3-5,7,9-11,13,16,19,22-25,27-29,31,33-35,37,39-45H2,1-2H3/b8-6-,14-12-,17-15-,21-20-,26-18-,32-30-,38-36-. The van der Waals surface area contributed by atoms with Crippen molar-refractivity contribution in [2.24, 2.45) is 0 Å². The van der Waals surface area contributed by atoms with Crippen molar-refractivity contribution >= 4 is 5.97 Å². The Morgan fingerprint density at radius 3 is 1.44 bits per heavy atom. The van der Waals surface area contributed by atoms with Crippen molar-refractivity contribution in [2.75, 3.05) is 33.0 Å². The molecule has 0 aromatic rings. The van der Waals surface area contributed by atoms with E-state index in [1.165, 1.54) is 83.5 Å². The first-order valence-electron chi connectivity index (χ1n) is 27.2. The minimum atomic E-state index is -1.73. The Morgan fingerprint density at radius 1 is 0.479 bits per heavy atom. The van der Waals surface area contributed by atoms with Crippen molar-refractivity contribution in [3.05, 3.63) is 85.1 Å². The van der Waals surface area contributed by atoms with E-state index in [2.05, 4.69) is 80.7 Å². The number of aliphatic hydroxyl groups is 7. The van der Waals surface area contributed by atoms with Crippen LogP contribution in [0, 0.1) is 0 Å². The summed E-state index contributed by atoms with van der Waals surface area (Å²) in [5, 5.41) is 72.2. The lowest BCUT2D eigenvalue weighted by Crippen LogP contribution is -2.61. The number of carbonyl (C=O) groups excluding carboxylic acids is 1. The fourth-order valence-electron chi connectivity index (χ4n) is 8.04. The number of ether oxygens (including phenoxy) is 6. The molecule has 0 aromatic carbocycles. The van der Waals surface area contributed by atoms with Crippen LogP contribution < -0.4 is 0 Å². The quantitative estimate of drug-likeness (QED) is 0.0173. The van der Waals surface area contributed by atoms with Gasteiger partial charge in [0, 0.05) is 6.61 Å². The van der Waals surface area contributed by atoms with E-state index in [-0.39, 0.29) is 19.6 Å². The summed E-state index contributed by atoms with van der Waals surface area (Å²) >= 11 is 0. The predicted molar refractivity (Wildman–Crippen MR) is 279 cm³/mol. The first-order chi connectivity index (χ1) is 34.6. The van der Waals surface area contributed by atoms with E-state index in [0.717, 1.165) is 57.8 Å². The number of aliphatic hydroxyl groups excluding tert-OH is 7. The zero-order chi connectivity index (χ0) is 51.6. The van der Waals surface area contributed by atoms with Crippen LogP contribution in [0.2, 0.25) is 0 Å². The van der Waals surface area contributed by atoms with Gasteiger partial charge in [0.25, 0.3) is 0 Å². The minimum Gasteiger partial charge on any atom is -0.457 e. The van der Waals surface area contributed by atoms with E-state index in [4.69, 9.17) is 28.4 Å². The van der Waals surface area contributed by atoms with Crippen molar-refractivity contribution < 1.29 is 69.0 Å². The third kappa shape index (κ3) is 30.8. The van der Waals surface area contributed by atoms with Crippen molar-refractivity contribution in [3.8, 4) is 0 Å². The van der Waals surface area contributed by atoms with Crippen molar-refractivity contribution in [1.29, 1.82) is 0 Å². The molecule has 0 spiro atoms. The largest absolute Gasteiger partial charge is 0.457 e. The SMILES string of the molecule is CC/C=C\C/C=C\C/C=C\C/C=C\C/C=C\CC(=O)OC(COCCCCCCCCCCCC/C=C\C/C=C\CCCCCCC)COC1OC(COC2OC(CO)C(O)C(O)C2O)C(O)C(O)C1O. The van der Waals surface area contributed by atoms with Crippen LogP contribution in [-0.4, -0.2) is 142 Å². The summed E-state index contributed by atoms with van der Waals surface area (Å²) in [6.07, 6.45) is 39.6. The van der Waals surface area contributed by atoms with Gasteiger partial charge in [0.1, 0.15) is 54.9 Å². The summed E-state index contributed by atoms with van der Waals surface area (Å²) in [4.78, 5) is 13.0. The lowest BCUT2D eigenvalue weighted by atomic mass is 9.98. The molecule has 2 aliphatic rings. The monoisotopic (exact) mass is 1000 g/mol. The van der Waals surface area contributed by atoms with Crippen LogP contribution in [0.1, 0.15) is 168 Å². The minimum absolute atomic E-state index is 0.0150. The average molecular weight is 1010 g/mol. The Kier molecular flexibility index (Phi) is 39.4. The average Bonchev–Trinajstić information content (AvgIpc) is 3.37. The Bertz CT molecular complexity index is 1490. The molecule has 71 heavy (non-hydrogen) atoms. The molecule has 14 nitrogen and oxygen atoms in total. The number of allylic oxidation sites excluding steroid dienone is 13. The second-order valence-corrected chi connectivity index (χ2v) is 18.7. The van der Waals surface area contributed by atoms with E-state index in [9.17, 15) is 40.5 Å². The van der Waals surface area contributed by atoms with E-state index < -0.39 is 86.7 Å². The summed E-state index contributed by atoms with van der Waals surface area (Å²) in [6, 6.07) is 0. The summed E-state index contributed by atoms with van der Waals surface area (Å²) < 4.78 is 34.2. The molecule has 0 saturated carbocycles.